The molecule has 2 aliphatic rings. The number of anilines is 2. The lowest BCUT2D eigenvalue weighted by Crippen LogP contribution is -2.45. The van der Waals surface area contributed by atoms with Gasteiger partial charge < -0.3 is 29.9 Å². The van der Waals surface area contributed by atoms with Gasteiger partial charge in [-0.05, 0) is 126 Å². The van der Waals surface area contributed by atoms with Crippen LogP contribution in [0.1, 0.15) is 65.2 Å². The first kappa shape index (κ1) is 38.8. The van der Waals surface area contributed by atoms with Crippen LogP contribution in [0.2, 0.25) is 13.6 Å². The molecule has 11 heteroatoms. The number of para-hydroxylation sites is 2. The second-order valence-corrected chi connectivity index (χ2v) is 12.5. The molecule has 2 aliphatic heterocycles. The number of nitrogens with one attached hydrogen (secondary N) is 1. The average molecular weight is 641 g/mol. The molecular weight excluding hydrogens is 585 g/mol. The Kier molecular flexibility index (Phi) is 19.2. The second kappa shape index (κ2) is 22.2. The monoisotopic (exact) mass is 640 g/mol. The fourth-order valence-corrected chi connectivity index (χ4v) is 5.83. The number of piperidine rings is 2. The normalized spacial score (nSPS) is 18.4. The summed E-state index contributed by atoms with van der Waals surface area (Å²) in [5, 5.41) is 22.5. The van der Waals surface area contributed by atoms with Gasteiger partial charge in [0.05, 0.1) is 0 Å². The van der Waals surface area contributed by atoms with Gasteiger partial charge in [-0.1, -0.05) is 50.2 Å². The average Bonchev–Trinajstić information content (AvgIpc) is 3.06. The van der Waals surface area contributed by atoms with Crippen molar-refractivity contribution >= 4 is 48.2 Å². The van der Waals surface area contributed by atoms with Crippen molar-refractivity contribution in [2.75, 3.05) is 49.5 Å². The Morgan fingerprint density at radius 1 is 0.844 bits per heavy atom. The summed E-state index contributed by atoms with van der Waals surface area (Å²) in [6.45, 7) is 13.1. The first-order valence-electron chi connectivity index (χ1n) is 16.8. The number of nitrogens with zero attached hydrogens (tertiary/aromatic N) is 3. The standard InChI is InChI=1S/C17H27BN2O2.C14H23BN2O.C3H5ClO/c1-3-17(21)20(16-9-5-4-6-10-16)13-11-15-8-7-12-19(14-15)18(2)22;1-15(18)17-11-5-6-13(12-17)9-10-16-14-7-3-2-4-8-14;1-2-3(4)5/h4-6,9-10,15,22H,3,7-8,11-14H2,1-2H3;2-4,7-8,13,16,18H,5-6,9-12H2,1H3;2H2,1H3. The summed E-state index contributed by atoms with van der Waals surface area (Å²) in [6.07, 6.45) is 7.94. The molecule has 2 aromatic rings. The summed E-state index contributed by atoms with van der Waals surface area (Å²) in [7, 11) is -0.666. The van der Waals surface area contributed by atoms with Crippen LogP contribution < -0.4 is 10.2 Å². The zero-order valence-electron chi connectivity index (χ0n) is 27.9. The molecule has 0 spiro atoms. The van der Waals surface area contributed by atoms with Gasteiger partial charge in [0, 0.05) is 37.3 Å². The summed E-state index contributed by atoms with van der Waals surface area (Å²) in [6, 6.07) is 20.3. The molecule has 0 aromatic heterocycles. The van der Waals surface area contributed by atoms with Gasteiger partial charge in [0.1, 0.15) is 0 Å². The molecule has 2 fully saturated rings. The van der Waals surface area contributed by atoms with Gasteiger partial charge in [0.2, 0.25) is 11.1 Å². The van der Waals surface area contributed by atoms with E-state index in [-0.39, 0.29) is 25.3 Å². The van der Waals surface area contributed by atoms with E-state index in [1.54, 1.807) is 6.92 Å². The largest absolute Gasteiger partial charge is 0.437 e. The third-order valence-electron chi connectivity index (χ3n) is 8.52. The Bertz CT molecular complexity index is 1080. The lowest BCUT2D eigenvalue weighted by atomic mass is 9.80. The molecule has 4 rings (SSSR count). The van der Waals surface area contributed by atoms with Gasteiger partial charge in [-0.2, -0.15) is 0 Å². The van der Waals surface area contributed by atoms with E-state index < -0.39 is 0 Å². The first-order chi connectivity index (χ1) is 21.6. The van der Waals surface area contributed by atoms with Crippen molar-refractivity contribution in [3.8, 4) is 0 Å². The summed E-state index contributed by atoms with van der Waals surface area (Å²) in [5.74, 6) is 1.44. The molecule has 248 valence electrons. The van der Waals surface area contributed by atoms with Crippen LogP contribution in [0.3, 0.4) is 0 Å². The molecule has 2 saturated heterocycles. The minimum atomic E-state index is -0.370. The van der Waals surface area contributed by atoms with E-state index in [4.69, 9.17) is 11.6 Å². The van der Waals surface area contributed by atoms with Crippen LogP contribution in [-0.2, 0) is 9.59 Å². The Morgan fingerprint density at radius 2 is 1.33 bits per heavy atom. The van der Waals surface area contributed by atoms with Crippen LogP contribution in [0.5, 0.6) is 0 Å². The van der Waals surface area contributed by atoms with E-state index in [0.29, 0.717) is 24.7 Å². The SMILES string of the molecule is CB(O)N1CCCC(CCNc2ccccc2)C1.CCC(=O)Cl.CCC(=O)N(CCC1CCCN(B(C)O)C1)c1ccccc1. The molecule has 0 saturated carbocycles. The molecule has 2 unspecified atom stereocenters. The number of benzene rings is 2. The maximum absolute atomic E-state index is 12.2. The fourth-order valence-electron chi connectivity index (χ4n) is 5.83. The van der Waals surface area contributed by atoms with Crippen LogP contribution in [0, 0.1) is 11.8 Å². The van der Waals surface area contributed by atoms with Gasteiger partial charge in [-0.3, -0.25) is 9.59 Å². The Balaban J connectivity index is 0.000000277. The predicted octanol–water partition coefficient (Wildman–Crippen LogP) is 6.11. The third kappa shape index (κ3) is 15.7. The van der Waals surface area contributed by atoms with E-state index in [9.17, 15) is 19.6 Å². The van der Waals surface area contributed by atoms with Crippen molar-refractivity contribution < 1.29 is 19.6 Å². The zero-order chi connectivity index (χ0) is 33.0. The summed E-state index contributed by atoms with van der Waals surface area (Å²) < 4.78 is 0. The van der Waals surface area contributed by atoms with Crippen molar-refractivity contribution in [3.05, 3.63) is 60.7 Å². The quantitative estimate of drug-likeness (QED) is 0.190. The number of hydrogen-bond acceptors (Lipinski definition) is 7. The lowest BCUT2D eigenvalue weighted by molar-refractivity contribution is -0.118. The number of halogens is 1. The minimum Gasteiger partial charge on any atom is -0.437 e. The van der Waals surface area contributed by atoms with Crippen molar-refractivity contribution in [1.82, 2.24) is 9.62 Å². The molecular formula is C34H55B2ClN4O4. The second-order valence-electron chi connectivity index (χ2n) is 12.1. The molecule has 8 nitrogen and oxygen atoms in total. The summed E-state index contributed by atoms with van der Waals surface area (Å²) >= 11 is 4.82. The molecule has 0 radical (unpaired) electrons. The van der Waals surface area contributed by atoms with Gasteiger partial charge in [-0.15, -0.1) is 0 Å². The molecule has 0 bridgehead atoms. The maximum atomic E-state index is 12.2. The molecule has 1 amide bonds. The van der Waals surface area contributed by atoms with Crippen LogP contribution in [-0.4, -0.2) is 84.2 Å². The molecule has 45 heavy (non-hydrogen) atoms. The van der Waals surface area contributed by atoms with Gasteiger partial charge in [0.25, 0.3) is 0 Å². The van der Waals surface area contributed by atoms with E-state index in [1.165, 1.54) is 31.4 Å². The topological polar surface area (TPSA) is 96.3 Å². The minimum absolute atomic E-state index is 0.175. The van der Waals surface area contributed by atoms with Crippen molar-refractivity contribution in [2.45, 2.75) is 78.9 Å². The van der Waals surface area contributed by atoms with E-state index >= 15 is 0 Å². The van der Waals surface area contributed by atoms with E-state index in [0.717, 1.165) is 57.8 Å². The highest BCUT2D eigenvalue weighted by molar-refractivity contribution is 6.63. The van der Waals surface area contributed by atoms with Crippen LogP contribution in [0.4, 0.5) is 11.4 Å². The van der Waals surface area contributed by atoms with Gasteiger partial charge in [-0.25, -0.2) is 0 Å². The Morgan fingerprint density at radius 3 is 1.80 bits per heavy atom. The first-order valence-corrected chi connectivity index (χ1v) is 17.2. The number of hydrogen-bond donors (Lipinski definition) is 3. The highest BCUT2D eigenvalue weighted by Crippen LogP contribution is 2.23. The molecule has 2 heterocycles. The van der Waals surface area contributed by atoms with Crippen molar-refractivity contribution in [1.29, 1.82) is 0 Å². The molecule has 3 N–H and O–H groups in total. The van der Waals surface area contributed by atoms with Gasteiger partial charge >= 0.3 is 14.1 Å². The number of carbonyl (C=O) groups is 2. The fraction of sp³-hybridized carbons (Fsp3) is 0.588. The van der Waals surface area contributed by atoms with Crippen molar-refractivity contribution in [3.63, 3.8) is 0 Å². The third-order valence-corrected chi connectivity index (χ3v) is 8.79. The highest BCUT2D eigenvalue weighted by atomic mass is 35.5. The summed E-state index contributed by atoms with van der Waals surface area (Å²) in [5.41, 5.74) is 2.18. The van der Waals surface area contributed by atoms with Crippen molar-refractivity contribution in [2.24, 2.45) is 11.8 Å². The summed E-state index contributed by atoms with van der Waals surface area (Å²) in [4.78, 5) is 28.0. The molecule has 2 atom stereocenters. The molecule has 0 aliphatic carbocycles. The van der Waals surface area contributed by atoms with Crippen LogP contribution in [0.25, 0.3) is 0 Å². The maximum Gasteiger partial charge on any atom is 0.376 e. The zero-order valence-corrected chi connectivity index (χ0v) is 28.7. The number of amides is 1. The molecule has 2 aromatic carbocycles. The van der Waals surface area contributed by atoms with Crippen LogP contribution in [0.15, 0.2) is 60.7 Å². The Labute approximate surface area is 277 Å². The van der Waals surface area contributed by atoms with Gasteiger partial charge in [0.15, 0.2) is 0 Å². The van der Waals surface area contributed by atoms with E-state index in [1.807, 2.05) is 61.9 Å². The number of carbonyl (C=O) groups excluding carboxylic acids is 2. The van der Waals surface area contributed by atoms with Crippen LogP contribution >= 0.6 is 11.6 Å². The Hall–Kier alpha value is -2.36. The van der Waals surface area contributed by atoms with E-state index in [2.05, 4.69) is 39.2 Å². The lowest BCUT2D eigenvalue weighted by Gasteiger charge is -2.34. The highest BCUT2D eigenvalue weighted by Gasteiger charge is 2.26. The predicted molar refractivity (Wildman–Crippen MR) is 191 cm³/mol. The smallest absolute Gasteiger partial charge is 0.376 e. The number of rotatable bonds is 12.